The van der Waals surface area contributed by atoms with Gasteiger partial charge in [0.2, 0.25) is 5.91 Å². The predicted molar refractivity (Wildman–Crippen MR) is 83.0 cm³/mol. The summed E-state index contributed by atoms with van der Waals surface area (Å²) in [7, 11) is 0. The Morgan fingerprint density at radius 1 is 1.05 bits per heavy atom. The lowest BCUT2D eigenvalue weighted by Crippen LogP contribution is -2.45. The molecule has 4 heteroatoms. The molecule has 0 unspecified atom stereocenters. The molecule has 1 spiro atoms. The van der Waals surface area contributed by atoms with E-state index in [1.54, 1.807) is 0 Å². The van der Waals surface area contributed by atoms with Crippen LogP contribution in [0.3, 0.4) is 0 Å². The summed E-state index contributed by atoms with van der Waals surface area (Å²) in [6.07, 6.45) is 11.0. The molecular weight excluding hydrogens is 264 g/mol. The Hall–Kier alpha value is -0.610. The minimum atomic E-state index is -0.238. The summed E-state index contributed by atoms with van der Waals surface area (Å²) in [5.74, 6) is 0.283. The van der Waals surface area contributed by atoms with Crippen LogP contribution < -0.4 is 0 Å². The first-order chi connectivity index (χ1) is 10.2. The van der Waals surface area contributed by atoms with Crippen LogP contribution in [0.2, 0.25) is 0 Å². The van der Waals surface area contributed by atoms with Crippen LogP contribution in [0.15, 0.2) is 0 Å². The summed E-state index contributed by atoms with van der Waals surface area (Å²) in [5.41, 5.74) is 0.438. The SMILES string of the molecule is O=C(CN1CCC[C@@H](O)C1)N1CCC2(CCCCCC2)C1. The molecule has 0 radical (unpaired) electrons. The third-order valence-electron chi connectivity index (χ3n) is 5.79. The number of aliphatic hydroxyl groups excluding tert-OH is 1. The Kier molecular flexibility index (Phi) is 4.85. The number of likely N-dealkylation sites (tertiary alicyclic amines) is 2. The number of aliphatic hydroxyl groups is 1. The molecule has 21 heavy (non-hydrogen) atoms. The van der Waals surface area contributed by atoms with Gasteiger partial charge in [-0.2, -0.15) is 0 Å². The molecule has 0 aromatic rings. The van der Waals surface area contributed by atoms with Crippen LogP contribution in [0.5, 0.6) is 0 Å². The van der Waals surface area contributed by atoms with Crippen LogP contribution in [0.1, 0.15) is 57.8 Å². The zero-order valence-electron chi connectivity index (χ0n) is 13.2. The van der Waals surface area contributed by atoms with Crippen LogP contribution in [0.4, 0.5) is 0 Å². The predicted octanol–water partition coefficient (Wildman–Crippen LogP) is 2.02. The third-order valence-corrected chi connectivity index (χ3v) is 5.79. The number of β-amino-alcohol motifs (C(OH)–C–C–N with tert-alkyl or cyclic N) is 1. The summed E-state index contributed by atoms with van der Waals surface area (Å²) >= 11 is 0. The summed E-state index contributed by atoms with van der Waals surface area (Å²) < 4.78 is 0. The van der Waals surface area contributed by atoms with Gasteiger partial charge in [0.15, 0.2) is 0 Å². The van der Waals surface area contributed by atoms with E-state index in [1.807, 2.05) is 0 Å². The maximum Gasteiger partial charge on any atom is 0.236 e. The smallest absolute Gasteiger partial charge is 0.236 e. The Bertz CT molecular complexity index is 364. The van der Waals surface area contributed by atoms with Crippen molar-refractivity contribution in [1.29, 1.82) is 0 Å². The van der Waals surface area contributed by atoms with Crippen molar-refractivity contribution in [2.45, 2.75) is 63.9 Å². The largest absolute Gasteiger partial charge is 0.392 e. The highest BCUT2D eigenvalue weighted by molar-refractivity contribution is 5.78. The average Bonchev–Trinajstić information content (AvgIpc) is 2.73. The van der Waals surface area contributed by atoms with Crippen LogP contribution in [0, 0.1) is 5.41 Å². The van der Waals surface area contributed by atoms with E-state index in [2.05, 4.69) is 9.80 Å². The third kappa shape index (κ3) is 3.78. The summed E-state index contributed by atoms with van der Waals surface area (Å²) in [5, 5.41) is 9.72. The molecule has 120 valence electrons. The topological polar surface area (TPSA) is 43.8 Å². The molecule has 0 bridgehead atoms. The second-order valence-corrected chi connectivity index (χ2v) is 7.51. The van der Waals surface area contributed by atoms with Crippen molar-refractivity contribution in [3.8, 4) is 0 Å². The molecular formula is C17H30N2O2. The number of nitrogens with zero attached hydrogens (tertiary/aromatic N) is 2. The van der Waals surface area contributed by atoms with Crippen LogP contribution in [-0.4, -0.2) is 59.6 Å². The Morgan fingerprint density at radius 3 is 2.52 bits per heavy atom. The van der Waals surface area contributed by atoms with Gasteiger partial charge in [-0.15, -0.1) is 0 Å². The Morgan fingerprint density at radius 2 is 1.81 bits per heavy atom. The van der Waals surface area contributed by atoms with E-state index in [0.29, 0.717) is 18.5 Å². The molecule has 0 aromatic heterocycles. The molecule has 1 aliphatic carbocycles. The van der Waals surface area contributed by atoms with Crippen LogP contribution in [0.25, 0.3) is 0 Å². The zero-order chi connectivity index (χ0) is 14.7. The molecule has 4 nitrogen and oxygen atoms in total. The summed E-state index contributed by atoms with van der Waals surface area (Å²) in [6.45, 7) is 4.08. The number of hydrogen-bond donors (Lipinski definition) is 1. The lowest BCUT2D eigenvalue weighted by atomic mass is 9.80. The van der Waals surface area contributed by atoms with Gasteiger partial charge in [-0.1, -0.05) is 25.7 Å². The quantitative estimate of drug-likeness (QED) is 0.847. The molecule has 2 aliphatic heterocycles. The Labute approximate surface area is 128 Å². The average molecular weight is 294 g/mol. The molecule has 3 fully saturated rings. The van der Waals surface area contributed by atoms with Gasteiger partial charge in [0.05, 0.1) is 12.6 Å². The van der Waals surface area contributed by atoms with Gasteiger partial charge < -0.3 is 10.0 Å². The molecule has 0 aromatic carbocycles. The second kappa shape index (κ2) is 6.66. The first-order valence-electron chi connectivity index (χ1n) is 8.85. The molecule has 1 amide bonds. The molecule has 1 atom stereocenters. The van der Waals surface area contributed by atoms with Crippen molar-refractivity contribution in [2.24, 2.45) is 5.41 Å². The molecule has 2 heterocycles. The molecule has 2 saturated heterocycles. The zero-order valence-corrected chi connectivity index (χ0v) is 13.2. The number of rotatable bonds is 2. The minimum absolute atomic E-state index is 0.238. The van der Waals surface area contributed by atoms with Gasteiger partial charge in [-0.05, 0) is 44.1 Å². The first-order valence-corrected chi connectivity index (χ1v) is 8.85. The highest BCUT2D eigenvalue weighted by Crippen LogP contribution is 2.42. The fraction of sp³-hybridized carbons (Fsp3) is 0.941. The minimum Gasteiger partial charge on any atom is -0.392 e. The van der Waals surface area contributed by atoms with Crippen molar-refractivity contribution < 1.29 is 9.90 Å². The standard InChI is InChI=1S/C17H30N2O2/c20-15-6-5-10-18(12-15)13-16(21)19-11-9-17(14-19)7-3-1-2-4-8-17/h15,20H,1-14H2/t15-/m1/s1. The van der Waals surface area contributed by atoms with Gasteiger partial charge >= 0.3 is 0 Å². The summed E-state index contributed by atoms with van der Waals surface area (Å²) in [4.78, 5) is 16.8. The normalized spacial score (nSPS) is 30.5. The lowest BCUT2D eigenvalue weighted by Gasteiger charge is -2.32. The number of carbonyl (C=O) groups excluding carboxylic acids is 1. The van der Waals surface area contributed by atoms with E-state index < -0.39 is 0 Å². The monoisotopic (exact) mass is 294 g/mol. The van der Waals surface area contributed by atoms with E-state index >= 15 is 0 Å². The molecule has 1 saturated carbocycles. The summed E-state index contributed by atoms with van der Waals surface area (Å²) in [6, 6.07) is 0. The molecule has 3 aliphatic rings. The van der Waals surface area contributed by atoms with Crippen molar-refractivity contribution in [1.82, 2.24) is 9.80 Å². The van der Waals surface area contributed by atoms with E-state index in [-0.39, 0.29) is 12.0 Å². The second-order valence-electron chi connectivity index (χ2n) is 7.51. The fourth-order valence-corrected chi connectivity index (χ4v) is 4.50. The molecule has 3 rings (SSSR count). The van der Waals surface area contributed by atoms with Crippen molar-refractivity contribution in [2.75, 3.05) is 32.7 Å². The van der Waals surface area contributed by atoms with Gasteiger partial charge in [-0.25, -0.2) is 0 Å². The maximum absolute atomic E-state index is 12.5. The lowest BCUT2D eigenvalue weighted by molar-refractivity contribution is -0.132. The van der Waals surface area contributed by atoms with E-state index in [9.17, 15) is 9.90 Å². The Balaban J connectivity index is 1.51. The fourth-order valence-electron chi connectivity index (χ4n) is 4.50. The van der Waals surface area contributed by atoms with Crippen molar-refractivity contribution in [3.05, 3.63) is 0 Å². The maximum atomic E-state index is 12.5. The van der Waals surface area contributed by atoms with E-state index in [4.69, 9.17) is 0 Å². The first kappa shape index (κ1) is 15.3. The van der Waals surface area contributed by atoms with E-state index in [1.165, 1.54) is 44.9 Å². The highest BCUT2D eigenvalue weighted by Gasteiger charge is 2.39. The van der Waals surface area contributed by atoms with Crippen molar-refractivity contribution >= 4 is 5.91 Å². The number of piperidine rings is 1. The van der Waals surface area contributed by atoms with Crippen LogP contribution >= 0.6 is 0 Å². The van der Waals surface area contributed by atoms with Crippen LogP contribution in [-0.2, 0) is 4.79 Å². The van der Waals surface area contributed by atoms with Gasteiger partial charge in [-0.3, -0.25) is 9.69 Å². The van der Waals surface area contributed by atoms with E-state index in [0.717, 1.165) is 32.5 Å². The van der Waals surface area contributed by atoms with Gasteiger partial charge in [0.25, 0.3) is 0 Å². The highest BCUT2D eigenvalue weighted by atomic mass is 16.3. The van der Waals surface area contributed by atoms with Crippen molar-refractivity contribution in [3.63, 3.8) is 0 Å². The number of carbonyl (C=O) groups is 1. The number of amides is 1. The number of hydrogen-bond acceptors (Lipinski definition) is 3. The van der Waals surface area contributed by atoms with Gasteiger partial charge in [0.1, 0.15) is 0 Å². The van der Waals surface area contributed by atoms with Gasteiger partial charge in [0, 0.05) is 19.6 Å². The molecule has 1 N–H and O–H groups in total.